The van der Waals surface area contributed by atoms with Crippen LogP contribution in [0.15, 0.2) is 59.6 Å². The summed E-state index contributed by atoms with van der Waals surface area (Å²) in [6.07, 6.45) is 3.56. The number of ketones is 1. The highest BCUT2D eigenvalue weighted by Gasteiger charge is 2.17. The summed E-state index contributed by atoms with van der Waals surface area (Å²) in [7, 11) is 0. The summed E-state index contributed by atoms with van der Waals surface area (Å²) in [4.78, 5) is 30.8. The van der Waals surface area contributed by atoms with E-state index in [0.29, 0.717) is 11.3 Å². The molecular formula is C22H25N3O2S. The summed E-state index contributed by atoms with van der Waals surface area (Å²) in [6.45, 7) is 3.48. The predicted molar refractivity (Wildman–Crippen MR) is 116 cm³/mol. The zero-order chi connectivity index (χ0) is 19.8. The Morgan fingerprint density at radius 1 is 1.00 bits per heavy atom. The molecule has 1 amide bonds. The van der Waals surface area contributed by atoms with Gasteiger partial charge in [-0.05, 0) is 62.6 Å². The number of hydrogen-bond donors (Lipinski definition) is 1. The maximum absolute atomic E-state index is 12.4. The summed E-state index contributed by atoms with van der Waals surface area (Å²) >= 11 is 1.47. The van der Waals surface area contributed by atoms with Crippen molar-refractivity contribution < 1.29 is 9.59 Å². The Morgan fingerprint density at radius 2 is 1.68 bits per heavy atom. The highest BCUT2D eigenvalue weighted by atomic mass is 32.2. The van der Waals surface area contributed by atoms with Crippen LogP contribution >= 0.6 is 11.8 Å². The van der Waals surface area contributed by atoms with Gasteiger partial charge in [-0.2, -0.15) is 0 Å². The summed E-state index contributed by atoms with van der Waals surface area (Å²) in [5.74, 6) is 0.214. The lowest BCUT2D eigenvalue weighted by atomic mass is 10.1. The summed E-state index contributed by atoms with van der Waals surface area (Å²) in [6, 6.07) is 16.8. The van der Waals surface area contributed by atoms with Crippen LogP contribution in [0.3, 0.4) is 0 Å². The van der Waals surface area contributed by atoms with Crippen molar-refractivity contribution in [2.24, 2.45) is 4.99 Å². The van der Waals surface area contributed by atoms with Crippen LogP contribution in [0.5, 0.6) is 0 Å². The van der Waals surface area contributed by atoms with Crippen LogP contribution in [-0.2, 0) is 4.79 Å². The maximum Gasteiger partial charge on any atom is 0.234 e. The van der Waals surface area contributed by atoms with Crippen LogP contribution in [0.2, 0.25) is 0 Å². The van der Waals surface area contributed by atoms with Gasteiger partial charge in [-0.1, -0.05) is 30.0 Å². The van der Waals surface area contributed by atoms with Gasteiger partial charge in [0.1, 0.15) is 0 Å². The molecule has 1 saturated heterocycles. The molecule has 0 spiro atoms. The van der Waals surface area contributed by atoms with Crippen molar-refractivity contribution in [3.8, 4) is 0 Å². The fourth-order valence-corrected chi connectivity index (χ4v) is 3.88. The van der Waals surface area contributed by atoms with Crippen molar-refractivity contribution in [1.29, 1.82) is 0 Å². The molecule has 5 nitrogen and oxygen atoms in total. The molecule has 0 atom stereocenters. The van der Waals surface area contributed by atoms with Gasteiger partial charge in [-0.3, -0.25) is 9.59 Å². The minimum atomic E-state index is -0.0849. The van der Waals surface area contributed by atoms with E-state index in [9.17, 15) is 9.59 Å². The van der Waals surface area contributed by atoms with Gasteiger partial charge >= 0.3 is 0 Å². The van der Waals surface area contributed by atoms with Gasteiger partial charge in [0.25, 0.3) is 0 Å². The van der Waals surface area contributed by atoms with Crippen molar-refractivity contribution in [3.05, 3.63) is 60.2 Å². The van der Waals surface area contributed by atoms with Gasteiger partial charge in [0, 0.05) is 24.3 Å². The number of amides is 1. The molecule has 146 valence electrons. The third-order valence-electron chi connectivity index (χ3n) is 4.52. The number of benzene rings is 2. The van der Waals surface area contributed by atoms with E-state index in [1.165, 1.54) is 25.1 Å². The number of carbonyl (C=O) groups excluding carboxylic acids is 2. The van der Waals surface area contributed by atoms with E-state index in [-0.39, 0.29) is 17.4 Å². The molecule has 0 saturated carbocycles. The molecule has 2 aromatic carbocycles. The normalized spacial score (nSPS) is 14.6. The number of likely N-dealkylation sites (tertiary alicyclic amines) is 1. The van der Waals surface area contributed by atoms with E-state index in [2.05, 4.69) is 10.2 Å². The molecule has 0 unspecified atom stereocenters. The van der Waals surface area contributed by atoms with Crippen LogP contribution in [0.1, 0.15) is 36.5 Å². The number of anilines is 1. The van der Waals surface area contributed by atoms with Crippen molar-refractivity contribution in [2.45, 2.75) is 26.2 Å². The second-order valence-electron chi connectivity index (χ2n) is 6.75. The minimum absolute atomic E-state index is 0.0109. The molecule has 0 aliphatic carbocycles. The van der Waals surface area contributed by atoms with Gasteiger partial charge in [-0.25, -0.2) is 4.99 Å². The summed E-state index contributed by atoms with van der Waals surface area (Å²) in [5, 5.41) is 3.78. The first kappa shape index (κ1) is 20.1. The maximum atomic E-state index is 12.4. The Morgan fingerprint density at radius 3 is 2.32 bits per heavy atom. The number of aliphatic imine (C=N–C) groups is 1. The van der Waals surface area contributed by atoms with E-state index in [0.717, 1.165) is 36.8 Å². The lowest BCUT2D eigenvalue weighted by Crippen LogP contribution is -2.34. The van der Waals surface area contributed by atoms with E-state index in [1.807, 2.05) is 30.3 Å². The number of hydrogen-bond acceptors (Lipinski definition) is 4. The molecule has 1 fully saturated rings. The number of Topliss-reactive ketones (excluding diaryl/α,β-unsaturated/α-hetero) is 1. The number of thioether (sulfide) groups is 1. The first-order valence-corrected chi connectivity index (χ1v) is 10.5. The third kappa shape index (κ3) is 5.96. The van der Waals surface area contributed by atoms with E-state index < -0.39 is 0 Å². The highest BCUT2D eigenvalue weighted by Crippen LogP contribution is 2.21. The predicted octanol–water partition coefficient (Wildman–Crippen LogP) is 4.73. The van der Waals surface area contributed by atoms with E-state index in [4.69, 9.17) is 4.99 Å². The van der Waals surface area contributed by atoms with Gasteiger partial charge in [0.05, 0.1) is 11.4 Å². The van der Waals surface area contributed by atoms with Crippen LogP contribution in [-0.4, -0.2) is 40.6 Å². The average molecular weight is 396 g/mol. The number of nitrogens with zero attached hydrogens (tertiary/aromatic N) is 2. The molecule has 3 rings (SSSR count). The van der Waals surface area contributed by atoms with Crippen LogP contribution < -0.4 is 5.32 Å². The topological polar surface area (TPSA) is 61.8 Å². The van der Waals surface area contributed by atoms with Gasteiger partial charge in [0.15, 0.2) is 11.0 Å². The van der Waals surface area contributed by atoms with Crippen LogP contribution in [0, 0.1) is 0 Å². The standard InChI is InChI=1S/C22H25N3O2S/c1-17(26)18-10-12-20(13-11-18)23-21(27)16-28-22(25-14-6-3-7-15-25)24-19-8-4-2-5-9-19/h2,4-5,8-13H,3,6-7,14-16H2,1H3,(H,23,27). The SMILES string of the molecule is CC(=O)c1ccc(NC(=O)CSC(=Nc2ccccc2)N2CCCCC2)cc1. The molecule has 0 radical (unpaired) electrons. The Labute approximate surface area is 170 Å². The number of para-hydroxylation sites is 1. The summed E-state index contributed by atoms with van der Waals surface area (Å²) in [5.41, 5.74) is 2.22. The highest BCUT2D eigenvalue weighted by molar-refractivity contribution is 8.14. The first-order valence-electron chi connectivity index (χ1n) is 9.54. The fraction of sp³-hybridized carbons (Fsp3) is 0.318. The van der Waals surface area contributed by atoms with E-state index in [1.54, 1.807) is 24.3 Å². The van der Waals surface area contributed by atoms with Gasteiger partial charge < -0.3 is 10.2 Å². The number of nitrogens with one attached hydrogen (secondary N) is 1. The second kappa shape index (κ2) is 10.1. The quantitative estimate of drug-likeness (QED) is 0.451. The Hall–Kier alpha value is -2.60. The molecular weight excluding hydrogens is 370 g/mol. The molecule has 0 bridgehead atoms. The lowest BCUT2D eigenvalue weighted by molar-refractivity contribution is -0.113. The smallest absolute Gasteiger partial charge is 0.234 e. The van der Waals surface area contributed by atoms with Crippen LogP contribution in [0.25, 0.3) is 0 Å². The number of amidine groups is 1. The average Bonchev–Trinajstić information content (AvgIpc) is 2.73. The third-order valence-corrected chi connectivity index (χ3v) is 5.53. The molecule has 1 heterocycles. The Kier molecular flexibility index (Phi) is 7.25. The second-order valence-corrected chi connectivity index (χ2v) is 7.69. The monoisotopic (exact) mass is 395 g/mol. The van der Waals surface area contributed by atoms with Crippen LogP contribution in [0.4, 0.5) is 11.4 Å². The molecule has 1 aliphatic rings. The fourth-order valence-electron chi connectivity index (χ4n) is 3.01. The number of piperidine rings is 1. The number of carbonyl (C=O) groups is 2. The molecule has 2 aromatic rings. The Balaban J connectivity index is 1.63. The van der Waals surface area contributed by atoms with Crippen molar-refractivity contribution in [1.82, 2.24) is 4.90 Å². The Bertz CT molecular complexity index is 829. The largest absolute Gasteiger partial charge is 0.351 e. The van der Waals surface area contributed by atoms with Gasteiger partial charge in [0.2, 0.25) is 5.91 Å². The molecule has 1 aliphatic heterocycles. The molecule has 28 heavy (non-hydrogen) atoms. The summed E-state index contributed by atoms with van der Waals surface area (Å²) < 4.78 is 0. The molecule has 1 N–H and O–H groups in total. The molecule has 0 aromatic heterocycles. The van der Waals surface area contributed by atoms with Crippen molar-refractivity contribution in [2.75, 3.05) is 24.2 Å². The number of rotatable bonds is 5. The zero-order valence-corrected chi connectivity index (χ0v) is 16.9. The van der Waals surface area contributed by atoms with E-state index >= 15 is 0 Å². The molecule has 6 heteroatoms. The first-order chi connectivity index (χ1) is 13.6. The zero-order valence-electron chi connectivity index (χ0n) is 16.1. The van der Waals surface area contributed by atoms with Crippen molar-refractivity contribution >= 4 is 40.0 Å². The minimum Gasteiger partial charge on any atom is -0.351 e. The van der Waals surface area contributed by atoms with Crippen molar-refractivity contribution in [3.63, 3.8) is 0 Å². The van der Waals surface area contributed by atoms with Gasteiger partial charge in [-0.15, -0.1) is 0 Å². The lowest BCUT2D eigenvalue weighted by Gasteiger charge is -2.29.